The summed E-state index contributed by atoms with van der Waals surface area (Å²) in [6.07, 6.45) is 3.93. The van der Waals surface area contributed by atoms with E-state index in [0.717, 1.165) is 17.6 Å². The number of halogens is 1. The quantitative estimate of drug-likeness (QED) is 0.898. The highest BCUT2D eigenvalue weighted by molar-refractivity contribution is 9.10. The van der Waals surface area contributed by atoms with E-state index in [-0.39, 0.29) is 6.04 Å². The second-order valence-corrected chi connectivity index (χ2v) is 5.90. The van der Waals surface area contributed by atoms with Crippen molar-refractivity contribution in [1.29, 1.82) is 0 Å². The molecule has 1 atom stereocenters. The summed E-state index contributed by atoms with van der Waals surface area (Å²) in [6.45, 7) is 2.91. The van der Waals surface area contributed by atoms with Crippen LogP contribution < -0.4 is 11.2 Å². The molecule has 1 saturated heterocycles. The molecule has 5 heteroatoms. The third-order valence-electron chi connectivity index (χ3n) is 2.89. The molecular weight excluding hydrogens is 286 g/mol. The van der Waals surface area contributed by atoms with Crippen LogP contribution in [0.2, 0.25) is 0 Å². The zero-order valence-electron chi connectivity index (χ0n) is 9.29. The van der Waals surface area contributed by atoms with Gasteiger partial charge >= 0.3 is 0 Å². The Morgan fingerprint density at radius 1 is 1.44 bits per heavy atom. The van der Waals surface area contributed by atoms with Gasteiger partial charge in [-0.25, -0.2) is 10.4 Å². The lowest BCUT2D eigenvalue weighted by Gasteiger charge is -2.31. The smallest absolute Gasteiger partial charge is 0.0691 e. The maximum absolute atomic E-state index is 5.85. The largest absolute Gasteiger partial charge is 0.329 e. The number of hydrogen-bond acceptors (Lipinski definition) is 4. The van der Waals surface area contributed by atoms with Crippen LogP contribution in [0.3, 0.4) is 0 Å². The molecule has 2 rings (SSSR count). The first-order valence-electron chi connectivity index (χ1n) is 5.75. The average molecular weight is 304 g/mol. The normalized spacial score (nSPS) is 19.9. The third kappa shape index (κ3) is 3.05. The van der Waals surface area contributed by atoms with Crippen molar-refractivity contribution in [2.45, 2.75) is 25.3 Å². The van der Waals surface area contributed by atoms with Crippen LogP contribution in [0.4, 0.5) is 0 Å². The predicted molar refractivity (Wildman–Crippen MR) is 72.4 cm³/mol. The van der Waals surface area contributed by atoms with Gasteiger partial charge in [0.05, 0.1) is 6.04 Å². The average Bonchev–Trinajstić information content (AvgIpc) is 2.74. The van der Waals surface area contributed by atoms with Crippen molar-refractivity contribution in [2.75, 3.05) is 19.6 Å². The third-order valence-corrected chi connectivity index (χ3v) is 4.88. The fourth-order valence-corrected chi connectivity index (χ4v) is 3.72. The summed E-state index contributed by atoms with van der Waals surface area (Å²) in [7, 11) is 0. The standard InChI is InChI=1S/C11H18BrN3S/c12-9-4-7-16-11(9)10(8-13)14-15-5-2-1-3-6-15/h4,7,10,14H,1-3,5-6,8,13H2. The molecule has 3 N–H and O–H groups in total. The molecule has 0 radical (unpaired) electrons. The lowest BCUT2D eigenvalue weighted by atomic mass is 10.1. The molecule has 1 fully saturated rings. The predicted octanol–water partition coefficient (Wildman–Crippen LogP) is 2.50. The molecule has 2 heterocycles. The fourth-order valence-electron chi connectivity index (χ4n) is 2.02. The molecule has 0 spiro atoms. The molecule has 1 aromatic rings. The highest BCUT2D eigenvalue weighted by atomic mass is 79.9. The van der Waals surface area contributed by atoms with E-state index in [1.54, 1.807) is 11.3 Å². The Labute approximate surface area is 109 Å². The van der Waals surface area contributed by atoms with Gasteiger partial charge in [-0.1, -0.05) is 6.42 Å². The number of hydrazine groups is 1. The van der Waals surface area contributed by atoms with E-state index in [2.05, 4.69) is 37.8 Å². The Kier molecular flexibility index (Phi) is 4.79. The van der Waals surface area contributed by atoms with Gasteiger partial charge in [0.25, 0.3) is 0 Å². The van der Waals surface area contributed by atoms with Crippen molar-refractivity contribution in [3.63, 3.8) is 0 Å². The molecule has 1 aliphatic rings. The Balaban J connectivity index is 1.97. The molecule has 1 aromatic heterocycles. The van der Waals surface area contributed by atoms with Crippen molar-refractivity contribution in [1.82, 2.24) is 10.4 Å². The minimum absolute atomic E-state index is 0.243. The molecule has 0 aromatic carbocycles. The van der Waals surface area contributed by atoms with Gasteiger partial charge < -0.3 is 5.73 Å². The number of nitrogens with two attached hydrogens (primary N) is 1. The van der Waals surface area contributed by atoms with Gasteiger partial charge in [0.1, 0.15) is 0 Å². The van der Waals surface area contributed by atoms with Crippen LogP contribution in [0.1, 0.15) is 30.2 Å². The monoisotopic (exact) mass is 303 g/mol. The van der Waals surface area contributed by atoms with Crippen LogP contribution in [-0.4, -0.2) is 24.6 Å². The lowest BCUT2D eigenvalue weighted by molar-refractivity contribution is 0.131. The summed E-state index contributed by atoms with van der Waals surface area (Å²) in [5, 5.41) is 4.41. The molecule has 16 heavy (non-hydrogen) atoms. The van der Waals surface area contributed by atoms with Gasteiger partial charge in [0, 0.05) is 29.0 Å². The molecule has 0 bridgehead atoms. The van der Waals surface area contributed by atoms with Crippen molar-refractivity contribution in [3.8, 4) is 0 Å². The van der Waals surface area contributed by atoms with E-state index in [0.29, 0.717) is 6.54 Å². The zero-order valence-corrected chi connectivity index (χ0v) is 11.7. The maximum atomic E-state index is 5.85. The lowest BCUT2D eigenvalue weighted by Crippen LogP contribution is -2.45. The molecule has 1 aliphatic heterocycles. The minimum atomic E-state index is 0.243. The van der Waals surface area contributed by atoms with Gasteiger partial charge in [0.15, 0.2) is 0 Å². The summed E-state index contributed by atoms with van der Waals surface area (Å²) in [5.41, 5.74) is 9.38. The van der Waals surface area contributed by atoms with Crippen LogP contribution >= 0.6 is 27.3 Å². The van der Waals surface area contributed by atoms with E-state index in [9.17, 15) is 0 Å². The van der Waals surface area contributed by atoms with Crippen molar-refractivity contribution in [2.24, 2.45) is 5.73 Å². The number of rotatable bonds is 4. The van der Waals surface area contributed by atoms with E-state index >= 15 is 0 Å². The van der Waals surface area contributed by atoms with Crippen LogP contribution in [-0.2, 0) is 0 Å². The van der Waals surface area contributed by atoms with Crippen LogP contribution in [0.15, 0.2) is 15.9 Å². The Morgan fingerprint density at radius 2 is 2.19 bits per heavy atom. The number of thiophene rings is 1. The molecule has 1 unspecified atom stereocenters. The minimum Gasteiger partial charge on any atom is -0.329 e. The first-order valence-corrected chi connectivity index (χ1v) is 7.42. The van der Waals surface area contributed by atoms with Crippen molar-refractivity contribution >= 4 is 27.3 Å². The van der Waals surface area contributed by atoms with Gasteiger partial charge in [-0.05, 0) is 40.2 Å². The second-order valence-electron chi connectivity index (χ2n) is 4.10. The first kappa shape index (κ1) is 12.5. The van der Waals surface area contributed by atoms with Crippen LogP contribution in [0.25, 0.3) is 0 Å². The van der Waals surface area contributed by atoms with Crippen molar-refractivity contribution < 1.29 is 0 Å². The summed E-state index contributed by atoms with van der Waals surface area (Å²) >= 11 is 5.32. The Bertz CT molecular complexity index is 323. The van der Waals surface area contributed by atoms with E-state index < -0.39 is 0 Å². The molecule has 0 aliphatic carbocycles. The van der Waals surface area contributed by atoms with Gasteiger partial charge in [-0.2, -0.15) is 0 Å². The molecule has 0 saturated carbocycles. The maximum Gasteiger partial charge on any atom is 0.0691 e. The van der Waals surface area contributed by atoms with Gasteiger partial charge in [0.2, 0.25) is 0 Å². The van der Waals surface area contributed by atoms with Gasteiger partial charge in [-0.3, -0.25) is 0 Å². The summed E-state index contributed by atoms with van der Waals surface area (Å²) in [4.78, 5) is 1.30. The van der Waals surface area contributed by atoms with Crippen LogP contribution in [0.5, 0.6) is 0 Å². The summed E-state index contributed by atoms with van der Waals surface area (Å²) < 4.78 is 1.16. The van der Waals surface area contributed by atoms with Crippen LogP contribution in [0, 0.1) is 0 Å². The number of nitrogens with zero attached hydrogens (tertiary/aromatic N) is 1. The summed E-state index contributed by atoms with van der Waals surface area (Å²) in [5.74, 6) is 0. The number of hydrogen-bond donors (Lipinski definition) is 2. The second kappa shape index (κ2) is 6.12. The van der Waals surface area contributed by atoms with E-state index in [1.165, 1.54) is 24.1 Å². The van der Waals surface area contributed by atoms with E-state index in [1.807, 2.05) is 0 Å². The highest BCUT2D eigenvalue weighted by Gasteiger charge is 2.18. The molecular formula is C11H18BrN3S. The molecule has 3 nitrogen and oxygen atoms in total. The zero-order chi connectivity index (χ0) is 11.4. The number of piperidine rings is 1. The Hall–Kier alpha value is 0.0600. The topological polar surface area (TPSA) is 41.3 Å². The van der Waals surface area contributed by atoms with Gasteiger partial charge in [-0.15, -0.1) is 11.3 Å². The summed E-state index contributed by atoms with van der Waals surface area (Å²) in [6, 6.07) is 2.33. The highest BCUT2D eigenvalue weighted by Crippen LogP contribution is 2.28. The SMILES string of the molecule is NCC(NN1CCCCC1)c1sccc1Br. The van der Waals surface area contributed by atoms with E-state index in [4.69, 9.17) is 5.73 Å². The Morgan fingerprint density at radius 3 is 2.75 bits per heavy atom. The first-order chi connectivity index (χ1) is 7.81. The molecule has 90 valence electrons. The fraction of sp³-hybridized carbons (Fsp3) is 0.636. The van der Waals surface area contributed by atoms with Crippen molar-refractivity contribution in [3.05, 3.63) is 20.8 Å². The number of nitrogens with one attached hydrogen (secondary N) is 1. The molecule has 0 amide bonds.